The van der Waals surface area contributed by atoms with Crippen LogP contribution < -0.4 is 10.6 Å². The van der Waals surface area contributed by atoms with E-state index >= 15 is 0 Å². The summed E-state index contributed by atoms with van der Waals surface area (Å²) in [6.07, 6.45) is 0.959. The van der Waals surface area contributed by atoms with Crippen LogP contribution in [-0.4, -0.2) is 31.1 Å². The first-order valence-corrected chi connectivity index (χ1v) is 5.96. The number of aryl methyl sites for hydroxylation is 1. The second-order valence-corrected chi connectivity index (χ2v) is 4.17. The zero-order valence-electron chi connectivity index (χ0n) is 10.2. The van der Waals surface area contributed by atoms with Crippen molar-refractivity contribution in [3.05, 3.63) is 29.8 Å². The molecule has 1 atom stereocenters. The van der Waals surface area contributed by atoms with Gasteiger partial charge in [0.2, 0.25) is 11.8 Å². The van der Waals surface area contributed by atoms with Crippen LogP contribution in [0.2, 0.25) is 0 Å². The molecule has 0 saturated carbocycles. The van der Waals surface area contributed by atoms with Gasteiger partial charge in [-0.3, -0.25) is 9.59 Å². The number of carbonyl (C=O) groups is 2. The molecule has 2 N–H and O–H groups in total. The van der Waals surface area contributed by atoms with E-state index in [9.17, 15) is 9.59 Å². The van der Waals surface area contributed by atoms with Gasteiger partial charge in [0.25, 0.3) is 0 Å². The molecule has 0 spiro atoms. The van der Waals surface area contributed by atoms with E-state index in [2.05, 4.69) is 17.6 Å². The van der Waals surface area contributed by atoms with Crippen LogP contribution >= 0.6 is 0 Å². The molecule has 1 aliphatic heterocycles. The van der Waals surface area contributed by atoms with Crippen LogP contribution in [0.15, 0.2) is 24.3 Å². The van der Waals surface area contributed by atoms with Crippen molar-refractivity contribution in [3.8, 4) is 0 Å². The van der Waals surface area contributed by atoms with E-state index in [1.165, 1.54) is 5.56 Å². The van der Waals surface area contributed by atoms with Crippen molar-refractivity contribution in [1.82, 2.24) is 5.32 Å². The molecular formula is C13H16N2O3. The van der Waals surface area contributed by atoms with Crippen LogP contribution in [0.5, 0.6) is 0 Å². The van der Waals surface area contributed by atoms with E-state index in [0.717, 1.165) is 12.1 Å². The number of hydrogen-bond acceptors (Lipinski definition) is 3. The average molecular weight is 248 g/mol. The molecule has 2 amide bonds. The van der Waals surface area contributed by atoms with E-state index < -0.39 is 6.04 Å². The van der Waals surface area contributed by atoms with Gasteiger partial charge in [-0.15, -0.1) is 0 Å². The maximum absolute atomic E-state index is 11.9. The smallest absolute Gasteiger partial charge is 0.249 e. The second kappa shape index (κ2) is 5.64. The topological polar surface area (TPSA) is 67.4 Å². The standard InChI is InChI=1S/C13H16N2O3/c1-2-9-3-5-10(6-4-9)14-13(17)11-7-18-8-12(16)15-11/h3-6,11H,2,7-8H2,1H3,(H,14,17)(H,15,16). The van der Waals surface area contributed by atoms with Gasteiger partial charge in [-0.2, -0.15) is 0 Å². The lowest BCUT2D eigenvalue weighted by atomic mass is 10.1. The number of amides is 2. The van der Waals surface area contributed by atoms with Crippen LogP contribution in [0, 0.1) is 0 Å². The Balaban J connectivity index is 1.95. The summed E-state index contributed by atoms with van der Waals surface area (Å²) in [5, 5.41) is 5.33. The van der Waals surface area contributed by atoms with Crippen LogP contribution in [0.3, 0.4) is 0 Å². The fraction of sp³-hybridized carbons (Fsp3) is 0.385. The molecule has 2 rings (SSSR count). The Bertz CT molecular complexity index is 442. The summed E-state index contributed by atoms with van der Waals surface area (Å²) in [6.45, 7) is 2.31. The van der Waals surface area contributed by atoms with Gasteiger partial charge in [-0.05, 0) is 24.1 Å². The Morgan fingerprint density at radius 1 is 1.44 bits per heavy atom. The first kappa shape index (κ1) is 12.6. The van der Waals surface area contributed by atoms with Gasteiger partial charge in [-0.25, -0.2) is 0 Å². The van der Waals surface area contributed by atoms with Gasteiger partial charge in [0.05, 0.1) is 6.61 Å². The van der Waals surface area contributed by atoms with E-state index in [-0.39, 0.29) is 25.0 Å². The van der Waals surface area contributed by atoms with Crippen LogP contribution in [0.1, 0.15) is 12.5 Å². The Labute approximate surface area is 106 Å². The minimum absolute atomic E-state index is 0.0228. The fourth-order valence-corrected chi connectivity index (χ4v) is 1.74. The zero-order valence-corrected chi connectivity index (χ0v) is 10.2. The van der Waals surface area contributed by atoms with Crippen LogP contribution in [-0.2, 0) is 20.7 Å². The quantitative estimate of drug-likeness (QED) is 0.827. The molecule has 1 saturated heterocycles. The van der Waals surface area contributed by atoms with Crippen molar-refractivity contribution in [2.45, 2.75) is 19.4 Å². The lowest BCUT2D eigenvalue weighted by molar-refractivity contribution is -0.136. The van der Waals surface area contributed by atoms with Crippen molar-refractivity contribution in [3.63, 3.8) is 0 Å². The first-order valence-electron chi connectivity index (χ1n) is 5.96. The number of morpholine rings is 1. The molecule has 18 heavy (non-hydrogen) atoms. The molecule has 1 unspecified atom stereocenters. The molecule has 5 heteroatoms. The minimum atomic E-state index is -0.614. The van der Waals surface area contributed by atoms with Crippen molar-refractivity contribution in [2.24, 2.45) is 0 Å². The molecule has 5 nitrogen and oxygen atoms in total. The van der Waals surface area contributed by atoms with Crippen molar-refractivity contribution < 1.29 is 14.3 Å². The molecular weight excluding hydrogens is 232 g/mol. The van der Waals surface area contributed by atoms with Crippen LogP contribution in [0.25, 0.3) is 0 Å². The Hall–Kier alpha value is -1.88. The van der Waals surface area contributed by atoms with E-state index in [1.807, 2.05) is 24.3 Å². The Kier molecular flexibility index (Phi) is 3.94. The van der Waals surface area contributed by atoms with E-state index in [0.29, 0.717) is 0 Å². The molecule has 1 aromatic rings. The number of rotatable bonds is 3. The number of benzene rings is 1. The predicted molar refractivity (Wildman–Crippen MR) is 67.2 cm³/mol. The molecule has 0 bridgehead atoms. The molecule has 1 aliphatic rings. The second-order valence-electron chi connectivity index (χ2n) is 4.17. The molecule has 96 valence electrons. The zero-order chi connectivity index (χ0) is 13.0. The summed E-state index contributed by atoms with van der Waals surface area (Å²) in [4.78, 5) is 23.0. The molecule has 1 heterocycles. The van der Waals surface area contributed by atoms with Gasteiger partial charge in [-0.1, -0.05) is 19.1 Å². The number of anilines is 1. The van der Waals surface area contributed by atoms with Gasteiger partial charge in [0.1, 0.15) is 12.6 Å². The number of hydrogen-bond donors (Lipinski definition) is 2. The summed E-state index contributed by atoms with van der Waals surface area (Å²) >= 11 is 0. The Morgan fingerprint density at radius 3 is 2.78 bits per heavy atom. The van der Waals surface area contributed by atoms with E-state index in [1.54, 1.807) is 0 Å². The summed E-state index contributed by atoms with van der Waals surface area (Å²) in [5.74, 6) is -0.518. The van der Waals surface area contributed by atoms with Crippen molar-refractivity contribution in [2.75, 3.05) is 18.5 Å². The van der Waals surface area contributed by atoms with Gasteiger partial charge >= 0.3 is 0 Å². The third kappa shape index (κ3) is 3.07. The monoisotopic (exact) mass is 248 g/mol. The highest BCUT2D eigenvalue weighted by Crippen LogP contribution is 2.10. The highest BCUT2D eigenvalue weighted by Gasteiger charge is 2.25. The summed E-state index contributed by atoms with van der Waals surface area (Å²) in [5.41, 5.74) is 1.93. The number of nitrogens with one attached hydrogen (secondary N) is 2. The third-order valence-electron chi connectivity index (χ3n) is 2.80. The lowest BCUT2D eigenvalue weighted by Crippen LogP contribution is -2.51. The van der Waals surface area contributed by atoms with Gasteiger partial charge < -0.3 is 15.4 Å². The maximum Gasteiger partial charge on any atom is 0.249 e. The molecule has 1 aromatic carbocycles. The summed E-state index contributed by atoms with van der Waals surface area (Å²) in [6, 6.07) is 7.01. The third-order valence-corrected chi connectivity index (χ3v) is 2.80. The summed E-state index contributed by atoms with van der Waals surface area (Å²) < 4.78 is 5.02. The number of ether oxygens (including phenoxy) is 1. The lowest BCUT2D eigenvalue weighted by Gasteiger charge is -2.22. The molecule has 0 aromatic heterocycles. The average Bonchev–Trinajstić information content (AvgIpc) is 2.39. The fourth-order valence-electron chi connectivity index (χ4n) is 1.74. The van der Waals surface area contributed by atoms with E-state index in [4.69, 9.17) is 4.74 Å². The van der Waals surface area contributed by atoms with Crippen molar-refractivity contribution in [1.29, 1.82) is 0 Å². The highest BCUT2D eigenvalue weighted by molar-refractivity contribution is 5.97. The Morgan fingerprint density at radius 2 is 2.17 bits per heavy atom. The molecule has 0 aliphatic carbocycles. The molecule has 0 radical (unpaired) electrons. The van der Waals surface area contributed by atoms with Gasteiger partial charge in [0, 0.05) is 5.69 Å². The normalized spacial score (nSPS) is 19.2. The van der Waals surface area contributed by atoms with Gasteiger partial charge in [0.15, 0.2) is 0 Å². The predicted octanol–water partition coefficient (Wildman–Crippen LogP) is 0.702. The van der Waals surface area contributed by atoms with Crippen LogP contribution in [0.4, 0.5) is 5.69 Å². The summed E-state index contributed by atoms with van der Waals surface area (Å²) in [7, 11) is 0. The maximum atomic E-state index is 11.9. The SMILES string of the molecule is CCc1ccc(NC(=O)C2COCC(=O)N2)cc1. The first-order chi connectivity index (χ1) is 8.69. The minimum Gasteiger partial charge on any atom is -0.369 e. The van der Waals surface area contributed by atoms with Crippen molar-refractivity contribution >= 4 is 17.5 Å². The highest BCUT2D eigenvalue weighted by atomic mass is 16.5. The molecule has 1 fully saturated rings. The number of carbonyl (C=O) groups excluding carboxylic acids is 2. The largest absolute Gasteiger partial charge is 0.369 e.